The van der Waals surface area contributed by atoms with Crippen LogP contribution in [-0.4, -0.2) is 10.8 Å². The molecule has 1 aromatic rings. The Hall–Kier alpha value is -1.69. The smallest absolute Gasteiger partial charge is 0.156 e. The van der Waals surface area contributed by atoms with Crippen LogP contribution in [0.25, 0.3) is 0 Å². The van der Waals surface area contributed by atoms with Crippen LogP contribution in [0.5, 0.6) is 0 Å². The van der Waals surface area contributed by atoms with E-state index in [2.05, 4.69) is 4.98 Å². The van der Waals surface area contributed by atoms with Crippen molar-refractivity contribution in [1.29, 1.82) is 5.26 Å². The van der Waals surface area contributed by atoms with Crippen LogP contribution in [0, 0.1) is 11.3 Å². The van der Waals surface area contributed by atoms with E-state index in [1.165, 1.54) is 0 Å². The third-order valence-corrected chi connectivity index (χ3v) is 2.34. The van der Waals surface area contributed by atoms with Gasteiger partial charge in [0.05, 0.1) is 12.5 Å². The molecule has 14 heavy (non-hydrogen) atoms. The van der Waals surface area contributed by atoms with Crippen molar-refractivity contribution < 1.29 is 4.79 Å². The fraction of sp³-hybridized carbons (Fsp3) is 0.364. The summed E-state index contributed by atoms with van der Waals surface area (Å²) in [5, 5.41) is 8.46. The summed E-state index contributed by atoms with van der Waals surface area (Å²) in [7, 11) is 0. The maximum atomic E-state index is 11.6. The summed E-state index contributed by atoms with van der Waals surface area (Å²) in [6.07, 6.45) is 3.25. The number of hydrogen-bond donors (Lipinski definition) is 0. The molecule has 0 aliphatic carbocycles. The predicted octanol–water partition coefficient (Wildman–Crippen LogP) is 1.84. The van der Waals surface area contributed by atoms with E-state index in [1.807, 2.05) is 19.9 Å². The molecule has 0 spiro atoms. The molecule has 0 saturated heterocycles. The number of hydrogen-bond acceptors (Lipinski definition) is 3. The van der Waals surface area contributed by atoms with Crippen molar-refractivity contribution in [3.05, 3.63) is 30.1 Å². The van der Waals surface area contributed by atoms with Gasteiger partial charge < -0.3 is 0 Å². The minimum atomic E-state index is -0.599. The van der Waals surface area contributed by atoms with Crippen molar-refractivity contribution >= 4 is 5.78 Å². The molecular weight excluding hydrogens is 176 g/mol. The minimum absolute atomic E-state index is 0.0463. The summed E-state index contributed by atoms with van der Waals surface area (Å²) in [4.78, 5) is 15.5. The van der Waals surface area contributed by atoms with Crippen LogP contribution in [0.15, 0.2) is 24.5 Å². The molecule has 0 fully saturated rings. The summed E-state index contributed by atoms with van der Waals surface area (Å²) in [5.41, 5.74) is 0.298. The fourth-order valence-electron chi connectivity index (χ4n) is 1.22. The van der Waals surface area contributed by atoms with Gasteiger partial charge in [-0.1, -0.05) is 0 Å². The van der Waals surface area contributed by atoms with Crippen LogP contribution in [0.3, 0.4) is 0 Å². The van der Waals surface area contributed by atoms with Crippen molar-refractivity contribution in [1.82, 2.24) is 4.98 Å². The third-order valence-electron chi connectivity index (χ3n) is 2.34. The number of ketones is 1. The molecule has 3 heteroatoms. The van der Waals surface area contributed by atoms with Crippen molar-refractivity contribution in [3.8, 4) is 6.07 Å². The lowest BCUT2D eigenvalue weighted by Crippen LogP contribution is -2.28. The molecule has 1 heterocycles. The third kappa shape index (κ3) is 1.97. The van der Waals surface area contributed by atoms with E-state index in [4.69, 9.17) is 5.26 Å². The number of carbonyl (C=O) groups excluding carboxylic acids is 1. The summed E-state index contributed by atoms with van der Waals surface area (Å²) in [6, 6.07) is 5.48. The number of Topliss-reactive ketones (excluding diaryl/α,β-unsaturated/α-hetero) is 1. The van der Waals surface area contributed by atoms with Crippen molar-refractivity contribution in [3.63, 3.8) is 0 Å². The van der Waals surface area contributed by atoms with Gasteiger partial charge >= 0.3 is 0 Å². The SMILES string of the molecule is CC(C)(C(=O)CC#N)c1ccncc1. The van der Waals surface area contributed by atoms with Crippen LogP contribution in [-0.2, 0) is 10.2 Å². The highest BCUT2D eigenvalue weighted by atomic mass is 16.1. The highest BCUT2D eigenvalue weighted by Gasteiger charge is 2.28. The van der Waals surface area contributed by atoms with E-state index in [9.17, 15) is 4.79 Å². The van der Waals surface area contributed by atoms with Crippen LogP contribution in [0.1, 0.15) is 25.8 Å². The molecule has 0 atom stereocenters. The van der Waals surface area contributed by atoms with Gasteiger partial charge in [0.15, 0.2) is 5.78 Å². The second-order valence-corrected chi connectivity index (χ2v) is 3.62. The molecule has 0 aromatic carbocycles. The highest BCUT2D eigenvalue weighted by molar-refractivity contribution is 5.90. The first-order valence-electron chi connectivity index (χ1n) is 4.40. The number of rotatable bonds is 3. The molecule has 1 aromatic heterocycles. The van der Waals surface area contributed by atoms with Crippen molar-refractivity contribution in [2.24, 2.45) is 0 Å². The standard InChI is InChI=1S/C11H12N2O/c1-11(2,10(14)3-6-12)9-4-7-13-8-5-9/h4-5,7-8H,3H2,1-2H3. The van der Waals surface area contributed by atoms with Gasteiger partial charge in [-0.2, -0.15) is 5.26 Å². The zero-order valence-electron chi connectivity index (χ0n) is 8.32. The van der Waals surface area contributed by atoms with E-state index in [0.717, 1.165) is 5.56 Å². The summed E-state index contributed by atoms with van der Waals surface area (Å²) in [5.74, 6) is -0.0637. The van der Waals surface area contributed by atoms with E-state index >= 15 is 0 Å². The van der Waals surface area contributed by atoms with Crippen LogP contribution in [0.4, 0.5) is 0 Å². The van der Waals surface area contributed by atoms with Gasteiger partial charge in [0.2, 0.25) is 0 Å². The lowest BCUT2D eigenvalue weighted by Gasteiger charge is -2.21. The summed E-state index contributed by atoms with van der Waals surface area (Å²) < 4.78 is 0. The number of aromatic nitrogens is 1. The topological polar surface area (TPSA) is 53.8 Å². The van der Waals surface area contributed by atoms with E-state index in [1.54, 1.807) is 24.5 Å². The highest BCUT2D eigenvalue weighted by Crippen LogP contribution is 2.24. The molecule has 1 rings (SSSR count). The summed E-state index contributed by atoms with van der Waals surface area (Å²) >= 11 is 0. The maximum Gasteiger partial charge on any atom is 0.156 e. The number of nitrogens with zero attached hydrogens (tertiary/aromatic N) is 2. The molecule has 0 unspecified atom stereocenters. The minimum Gasteiger partial charge on any atom is -0.298 e. The Morgan fingerprint density at radius 2 is 2.07 bits per heavy atom. The molecule has 0 aliphatic heterocycles. The Morgan fingerprint density at radius 1 is 1.50 bits per heavy atom. The van der Waals surface area contributed by atoms with Crippen LogP contribution < -0.4 is 0 Å². The molecule has 0 bridgehead atoms. The van der Waals surface area contributed by atoms with E-state index < -0.39 is 5.41 Å². The number of carbonyl (C=O) groups is 1. The second-order valence-electron chi connectivity index (χ2n) is 3.62. The first-order chi connectivity index (χ1) is 6.59. The normalized spacial score (nSPS) is 10.6. The zero-order chi connectivity index (χ0) is 10.6. The molecule has 0 amide bonds. The monoisotopic (exact) mass is 188 g/mol. The Kier molecular flexibility index (Phi) is 2.98. The molecule has 3 nitrogen and oxygen atoms in total. The van der Waals surface area contributed by atoms with Crippen LogP contribution >= 0.6 is 0 Å². The maximum absolute atomic E-state index is 11.6. The quantitative estimate of drug-likeness (QED) is 0.727. The van der Waals surface area contributed by atoms with Crippen LogP contribution in [0.2, 0.25) is 0 Å². The van der Waals surface area contributed by atoms with Gasteiger partial charge in [0.25, 0.3) is 0 Å². The Balaban J connectivity index is 2.97. The molecule has 0 N–H and O–H groups in total. The molecular formula is C11H12N2O. The Morgan fingerprint density at radius 3 is 2.57 bits per heavy atom. The van der Waals surface area contributed by atoms with Gasteiger partial charge in [-0.25, -0.2) is 0 Å². The zero-order valence-corrected chi connectivity index (χ0v) is 8.32. The van der Waals surface area contributed by atoms with Gasteiger partial charge in [0, 0.05) is 17.8 Å². The average Bonchev–Trinajstić information content (AvgIpc) is 2.19. The Bertz CT molecular complexity index is 363. The predicted molar refractivity (Wildman–Crippen MR) is 52.5 cm³/mol. The van der Waals surface area contributed by atoms with Gasteiger partial charge in [-0.05, 0) is 31.5 Å². The number of pyridine rings is 1. The second kappa shape index (κ2) is 4.01. The van der Waals surface area contributed by atoms with E-state index in [-0.39, 0.29) is 12.2 Å². The molecule has 0 aliphatic rings. The van der Waals surface area contributed by atoms with Crippen molar-refractivity contribution in [2.75, 3.05) is 0 Å². The fourth-order valence-corrected chi connectivity index (χ4v) is 1.22. The van der Waals surface area contributed by atoms with Gasteiger partial charge in [-0.3, -0.25) is 9.78 Å². The Labute approximate surface area is 83.4 Å². The molecule has 0 radical (unpaired) electrons. The van der Waals surface area contributed by atoms with Crippen molar-refractivity contribution in [2.45, 2.75) is 25.7 Å². The molecule has 72 valence electrons. The molecule has 0 saturated carbocycles. The van der Waals surface area contributed by atoms with Gasteiger partial charge in [0.1, 0.15) is 0 Å². The van der Waals surface area contributed by atoms with E-state index in [0.29, 0.717) is 0 Å². The van der Waals surface area contributed by atoms with Gasteiger partial charge in [-0.15, -0.1) is 0 Å². The number of nitriles is 1. The lowest BCUT2D eigenvalue weighted by molar-refractivity contribution is -0.122. The first kappa shape index (κ1) is 10.4. The largest absolute Gasteiger partial charge is 0.298 e. The first-order valence-corrected chi connectivity index (χ1v) is 4.40. The summed E-state index contributed by atoms with van der Waals surface area (Å²) in [6.45, 7) is 3.64. The average molecular weight is 188 g/mol. The lowest BCUT2D eigenvalue weighted by atomic mass is 9.80.